The summed E-state index contributed by atoms with van der Waals surface area (Å²) in [6.07, 6.45) is 6.32. The Balaban J connectivity index is 1.60. The van der Waals surface area contributed by atoms with Crippen molar-refractivity contribution in [3.05, 3.63) is 45.1 Å². The molecule has 0 spiro atoms. The van der Waals surface area contributed by atoms with Crippen LogP contribution >= 0.6 is 15.9 Å². The van der Waals surface area contributed by atoms with Crippen LogP contribution in [0.15, 0.2) is 34.0 Å². The number of carbonyl (C=O) groups is 1. The molecule has 2 aliphatic heterocycles. The summed E-state index contributed by atoms with van der Waals surface area (Å²) in [6, 6.07) is 3.22. The average molecular weight is 491 g/mol. The largest absolute Gasteiger partial charge is 0.508 e. The number of rotatable bonds is 4. The lowest BCUT2D eigenvalue weighted by molar-refractivity contribution is 0.164. The Morgan fingerprint density at radius 2 is 2.03 bits per heavy atom. The molecule has 1 aliphatic carbocycles. The molecule has 0 saturated carbocycles. The molecule has 168 valence electrons. The van der Waals surface area contributed by atoms with Crippen molar-refractivity contribution in [1.82, 2.24) is 15.5 Å². The average Bonchev–Trinajstić information content (AvgIpc) is 2.91. The van der Waals surface area contributed by atoms with E-state index in [1.807, 2.05) is 4.90 Å². The van der Waals surface area contributed by atoms with Gasteiger partial charge in [0.1, 0.15) is 11.5 Å². The minimum atomic E-state index is -0.0245. The lowest BCUT2D eigenvalue weighted by Crippen LogP contribution is -2.46. The number of hydrogen-bond acceptors (Lipinski definition) is 5. The third kappa shape index (κ3) is 4.70. The van der Waals surface area contributed by atoms with E-state index in [0.29, 0.717) is 32.1 Å². The number of benzene rings is 1. The maximum absolute atomic E-state index is 12.4. The zero-order valence-electron chi connectivity index (χ0n) is 17.7. The molecule has 1 unspecified atom stereocenters. The summed E-state index contributed by atoms with van der Waals surface area (Å²) in [7, 11) is 0. The summed E-state index contributed by atoms with van der Waals surface area (Å²) < 4.78 is 1.12. The van der Waals surface area contributed by atoms with E-state index in [9.17, 15) is 15.0 Å². The fourth-order valence-corrected chi connectivity index (χ4v) is 5.52. The first kappa shape index (κ1) is 22.0. The van der Waals surface area contributed by atoms with Gasteiger partial charge in [-0.25, -0.2) is 4.79 Å². The van der Waals surface area contributed by atoms with Crippen molar-refractivity contribution in [2.75, 3.05) is 32.7 Å². The van der Waals surface area contributed by atoms with Gasteiger partial charge in [-0.2, -0.15) is 0 Å². The van der Waals surface area contributed by atoms with E-state index in [2.05, 4.69) is 32.6 Å². The first-order valence-electron chi connectivity index (χ1n) is 11.1. The molecular formula is C23H31BrN4O3. The molecule has 1 atom stereocenters. The summed E-state index contributed by atoms with van der Waals surface area (Å²) in [4.78, 5) is 14.3. The first-order chi connectivity index (χ1) is 15.0. The van der Waals surface area contributed by atoms with Crippen molar-refractivity contribution in [3.8, 4) is 11.5 Å². The van der Waals surface area contributed by atoms with Crippen molar-refractivity contribution in [1.29, 1.82) is 0 Å². The van der Waals surface area contributed by atoms with Crippen molar-refractivity contribution in [3.63, 3.8) is 0 Å². The highest BCUT2D eigenvalue weighted by Gasteiger charge is 2.37. The second-order valence-corrected chi connectivity index (χ2v) is 9.62. The third-order valence-corrected chi connectivity index (χ3v) is 7.10. The lowest BCUT2D eigenvalue weighted by Gasteiger charge is -2.38. The molecular weight excluding hydrogens is 460 g/mol. The molecule has 31 heavy (non-hydrogen) atoms. The van der Waals surface area contributed by atoms with Crippen molar-refractivity contribution in [2.45, 2.75) is 38.0 Å². The van der Waals surface area contributed by atoms with Crippen LogP contribution in [-0.2, 0) is 6.42 Å². The number of aryl methyl sites for hydroxylation is 1. The second kappa shape index (κ2) is 9.53. The number of phenolic OH excluding ortho intramolecular Hbond substituents is 2. The highest BCUT2D eigenvalue weighted by Crippen LogP contribution is 2.48. The Kier molecular flexibility index (Phi) is 6.77. The molecule has 0 bridgehead atoms. The van der Waals surface area contributed by atoms with Crippen LogP contribution in [0.2, 0.25) is 0 Å². The summed E-state index contributed by atoms with van der Waals surface area (Å²) in [6.45, 7) is 3.27. The van der Waals surface area contributed by atoms with Crippen molar-refractivity contribution in [2.24, 2.45) is 11.7 Å². The number of piperidine rings is 1. The van der Waals surface area contributed by atoms with Crippen LogP contribution < -0.4 is 16.4 Å². The molecule has 1 aromatic carbocycles. The van der Waals surface area contributed by atoms with E-state index < -0.39 is 0 Å². The molecule has 1 aromatic rings. The van der Waals surface area contributed by atoms with Gasteiger partial charge in [0, 0.05) is 53.9 Å². The van der Waals surface area contributed by atoms with E-state index in [1.165, 1.54) is 17.3 Å². The Morgan fingerprint density at radius 1 is 1.26 bits per heavy atom. The van der Waals surface area contributed by atoms with Gasteiger partial charge in [0.15, 0.2) is 0 Å². The van der Waals surface area contributed by atoms with Gasteiger partial charge in [0.2, 0.25) is 0 Å². The monoisotopic (exact) mass is 490 g/mol. The maximum Gasteiger partial charge on any atom is 0.317 e. The highest BCUT2D eigenvalue weighted by molar-refractivity contribution is 9.11. The maximum atomic E-state index is 12.4. The van der Waals surface area contributed by atoms with Gasteiger partial charge in [0.05, 0.1) is 0 Å². The molecule has 1 saturated heterocycles. The van der Waals surface area contributed by atoms with Crippen molar-refractivity contribution < 1.29 is 15.0 Å². The highest BCUT2D eigenvalue weighted by atomic mass is 79.9. The summed E-state index contributed by atoms with van der Waals surface area (Å²) in [5.74, 6) is 0.574. The van der Waals surface area contributed by atoms with Crippen LogP contribution in [0.1, 0.15) is 42.7 Å². The third-order valence-electron chi connectivity index (χ3n) is 6.59. The van der Waals surface area contributed by atoms with Gasteiger partial charge < -0.3 is 31.5 Å². The number of fused-ring (bicyclic) bond motifs is 1. The fourth-order valence-electron chi connectivity index (χ4n) is 5.10. The van der Waals surface area contributed by atoms with Gasteiger partial charge >= 0.3 is 6.03 Å². The van der Waals surface area contributed by atoms with Crippen molar-refractivity contribution >= 4 is 22.0 Å². The number of urea groups is 1. The quantitative estimate of drug-likeness (QED) is 0.416. The van der Waals surface area contributed by atoms with E-state index >= 15 is 0 Å². The number of phenols is 2. The summed E-state index contributed by atoms with van der Waals surface area (Å²) in [5.41, 5.74) is 9.86. The number of aromatic hydroxyl groups is 2. The minimum Gasteiger partial charge on any atom is -0.508 e. The number of amides is 2. The zero-order valence-corrected chi connectivity index (χ0v) is 19.2. The zero-order chi connectivity index (χ0) is 22.0. The van der Waals surface area contributed by atoms with Gasteiger partial charge in [-0.15, -0.1) is 0 Å². The van der Waals surface area contributed by atoms with E-state index in [4.69, 9.17) is 5.73 Å². The van der Waals surface area contributed by atoms with Crippen LogP contribution in [0.4, 0.5) is 4.79 Å². The second-order valence-electron chi connectivity index (χ2n) is 8.60. The number of likely N-dealkylation sites (tertiary alicyclic amines) is 1. The number of carbonyl (C=O) groups excluding carboxylic acids is 1. The van der Waals surface area contributed by atoms with Gasteiger partial charge in [-0.3, -0.25) is 0 Å². The molecule has 0 aromatic heterocycles. The number of nitrogens with two attached hydrogens (primary N) is 1. The fraction of sp³-hybridized carbons (Fsp3) is 0.522. The van der Waals surface area contributed by atoms with Crippen LogP contribution in [0, 0.1) is 5.92 Å². The summed E-state index contributed by atoms with van der Waals surface area (Å²) in [5, 5.41) is 27.5. The molecule has 6 N–H and O–H groups in total. The predicted molar refractivity (Wildman–Crippen MR) is 124 cm³/mol. The molecule has 8 heteroatoms. The Labute approximate surface area is 191 Å². The number of allylic oxidation sites excluding steroid dienone is 3. The standard InChI is InChI=1S/C23H31BrN4O3/c24-17-10-16-3-2-15-11-18(29)12-19(30)20(15)21(22(16)27-13-17)14-4-8-28(9-5-14)23(31)26-7-1-6-25/h10-12,14,21,27,29-30H,1-9,13,25H2,(H,26,31). The lowest BCUT2D eigenvalue weighted by atomic mass is 9.75. The minimum absolute atomic E-state index is 0.0207. The molecule has 3 aliphatic rings. The number of dihydropyridines is 1. The topological polar surface area (TPSA) is 111 Å². The Hall–Kier alpha value is -2.19. The van der Waals surface area contributed by atoms with Crippen LogP contribution in [0.3, 0.4) is 0 Å². The smallest absolute Gasteiger partial charge is 0.317 e. The molecule has 2 heterocycles. The van der Waals surface area contributed by atoms with E-state index in [0.717, 1.165) is 54.3 Å². The normalized spacial score (nSPS) is 21.5. The van der Waals surface area contributed by atoms with E-state index in [-0.39, 0.29) is 23.4 Å². The van der Waals surface area contributed by atoms with Gasteiger partial charge in [-0.05, 0) is 67.8 Å². The first-order valence-corrected chi connectivity index (χ1v) is 11.9. The Bertz CT molecular complexity index is 906. The molecule has 0 radical (unpaired) electrons. The van der Waals surface area contributed by atoms with Crippen LogP contribution in [-0.4, -0.2) is 53.9 Å². The molecule has 2 amide bonds. The number of hydrogen-bond donors (Lipinski definition) is 5. The van der Waals surface area contributed by atoms with Crippen LogP contribution in [0.25, 0.3) is 0 Å². The van der Waals surface area contributed by atoms with Gasteiger partial charge in [-0.1, -0.05) is 15.9 Å². The summed E-state index contributed by atoms with van der Waals surface area (Å²) >= 11 is 3.62. The van der Waals surface area contributed by atoms with Gasteiger partial charge in [0.25, 0.3) is 0 Å². The number of halogens is 1. The van der Waals surface area contributed by atoms with Crippen LogP contribution in [0.5, 0.6) is 11.5 Å². The molecule has 4 rings (SSSR count). The number of nitrogens with one attached hydrogen (secondary N) is 2. The van der Waals surface area contributed by atoms with E-state index in [1.54, 1.807) is 6.07 Å². The predicted octanol–water partition coefficient (Wildman–Crippen LogP) is 3.03. The molecule has 1 fully saturated rings. The SMILES string of the molecule is NCCCNC(=O)N1CCC(C2C3=C(C=C(Br)CN3)CCc3cc(O)cc(O)c32)CC1. The Morgan fingerprint density at radius 3 is 2.77 bits per heavy atom. The number of nitrogens with zero attached hydrogens (tertiary/aromatic N) is 1. The molecule has 7 nitrogen and oxygen atoms in total.